The van der Waals surface area contributed by atoms with E-state index in [1.165, 1.54) is 5.69 Å². The molecule has 0 aromatic carbocycles. The molecule has 1 rings (SSSR count). The van der Waals surface area contributed by atoms with Crippen LogP contribution in [0.15, 0.2) is 4.60 Å². The molecule has 0 aliphatic carbocycles. The van der Waals surface area contributed by atoms with Gasteiger partial charge in [-0.2, -0.15) is 0 Å². The van der Waals surface area contributed by atoms with E-state index in [-0.39, 0.29) is 0 Å². The molecule has 0 unspecified atom stereocenters. The van der Waals surface area contributed by atoms with Gasteiger partial charge in [0, 0.05) is 26.4 Å². The van der Waals surface area contributed by atoms with Gasteiger partial charge < -0.3 is 9.88 Å². The first-order valence-electron chi connectivity index (χ1n) is 4.55. The Balaban J connectivity index is 2.85. The Kier molecular flexibility index (Phi) is 3.93. The van der Waals surface area contributed by atoms with Crippen molar-refractivity contribution in [3.05, 3.63) is 16.1 Å². The second kappa shape index (κ2) is 4.77. The zero-order chi connectivity index (χ0) is 9.84. The number of halogens is 1. The molecule has 74 valence electrons. The van der Waals surface area contributed by atoms with Gasteiger partial charge in [0.15, 0.2) is 0 Å². The lowest BCUT2D eigenvalue weighted by Crippen LogP contribution is -2.13. The minimum atomic E-state index is 0.981. The first-order valence-corrected chi connectivity index (χ1v) is 5.34. The van der Waals surface area contributed by atoms with Crippen LogP contribution < -0.4 is 5.32 Å². The molecule has 4 heteroatoms. The van der Waals surface area contributed by atoms with Gasteiger partial charge in [0.2, 0.25) is 0 Å². The summed E-state index contributed by atoms with van der Waals surface area (Å²) >= 11 is 3.48. The van der Waals surface area contributed by atoms with Crippen molar-refractivity contribution in [3.8, 4) is 0 Å². The van der Waals surface area contributed by atoms with Crippen LogP contribution in [0.5, 0.6) is 0 Å². The fourth-order valence-electron chi connectivity index (χ4n) is 1.38. The summed E-state index contributed by atoms with van der Waals surface area (Å²) in [4.78, 5) is 4.43. The van der Waals surface area contributed by atoms with Crippen molar-refractivity contribution in [3.63, 3.8) is 0 Å². The molecule has 0 aliphatic rings. The quantitative estimate of drug-likeness (QED) is 0.872. The Bertz CT molecular complexity index is 281. The maximum atomic E-state index is 4.43. The molecule has 13 heavy (non-hydrogen) atoms. The van der Waals surface area contributed by atoms with Crippen LogP contribution >= 0.6 is 15.9 Å². The summed E-state index contributed by atoms with van der Waals surface area (Å²) in [6.45, 7) is 3.11. The minimum Gasteiger partial charge on any atom is -0.334 e. The summed E-state index contributed by atoms with van der Waals surface area (Å²) in [6.07, 6.45) is 2.00. The smallest absolute Gasteiger partial charge is 0.127 e. The molecule has 3 nitrogen and oxygen atoms in total. The molecule has 0 radical (unpaired) electrons. The average molecular weight is 246 g/mol. The predicted octanol–water partition coefficient (Wildman–Crippen LogP) is 1.51. The molecule has 0 aliphatic heterocycles. The summed E-state index contributed by atoms with van der Waals surface area (Å²) in [5, 5.41) is 3.14. The second-order valence-corrected chi connectivity index (χ2v) is 3.78. The van der Waals surface area contributed by atoms with Crippen LogP contribution in [0, 0.1) is 0 Å². The third-order valence-electron chi connectivity index (χ3n) is 2.19. The summed E-state index contributed by atoms with van der Waals surface area (Å²) < 4.78 is 3.16. The largest absolute Gasteiger partial charge is 0.334 e. The maximum absolute atomic E-state index is 4.43. The highest BCUT2D eigenvalue weighted by Gasteiger charge is 2.09. The van der Waals surface area contributed by atoms with Crippen LogP contribution in [0.3, 0.4) is 0 Å². The Hall–Kier alpha value is -0.350. The Morgan fingerprint density at radius 2 is 2.23 bits per heavy atom. The fraction of sp³-hybridized carbons (Fsp3) is 0.667. The lowest BCUT2D eigenvalue weighted by atomic mass is 10.3. The third-order valence-corrected chi connectivity index (χ3v) is 2.82. The number of rotatable bonds is 4. The molecule has 1 heterocycles. The van der Waals surface area contributed by atoms with Crippen LogP contribution in [-0.4, -0.2) is 23.1 Å². The highest BCUT2D eigenvalue weighted by molar-refractivity contribution is 9.10. The zero-order valence-electron chi connectivity index (χ0n) is 8.39. The van der Waals surface area contributed by atoms with E-state index >= 15 is 0 Å². The SMILES string of the molecule is CCc1nc(Br)c(CCNC)n1C. The van der Waals surface area contributed by atoms with Crippen LogP contribution in [0.1, 0.15) is 18.4 Å². The van der Waals surface area contributed by atoms with Crippen molar-refractivity contribution >= 4 is 15.9 Å². The maximum Gasteiger partial charge on any atom is 0.127 e. The number of imidazole rings is 1. The molecule has 0 fully saturated rings. The first kappa shape index (κ1) is 10.7. The van der Waals surface area contributed by atoms with E-state index in [1.54, 1.807) is 0 Å². The number of nitrogens with one attached hydrogen (secondary N) is 1. The molecule has 0 spiro atoms. The van der Waals surface area contributed by atoms with Gasteiger partial charge in [-0.15, -0.1) is 0 Å². The molecular weight excluding hydrogens is 230 g/mol. The molecule has 0 bridgehead atoms. The normalized spacial score (nSPS) is 10.8. The molecule has 0 atom stereocenters. The molecule has 0 amide bonds. The lowest BCUT2D eigenvalue weighted by molar-refractivity contribution is 0.713. The van der Waals surface area contributed by atoms with Gasteiger partial charge in [-0.25, -0.2) is 4.98 Å². The molecule has 1 aromatic heterocycles. The highest BCUT2D eigenvalue weighted by Crippen LogP contribution is 2.17. The van der Waals surface area contributed by atoms with Gasteiger partial charge in [0.1, 0.15) is 10.4 Å². The Morgan fingerprint density at radius 1 is 1.54 bits per heavy atom. The summed E-state index contributed by atoms with van der Waals surface area (Å²) in [6, 6.07) is 0. The monoisotopic (exact) mass is 245 g/mol. The highest BCUT2D eigenvalue weighted by atomic mass is 79.9. The van der Waals surface area contributed by atoms with Gasteiger partial charge in [0.05, 0.1) is 5.69 Å². The van der Waals surface area contributed by atoms with Crippen LogP contribution in [0.4, 0.5) is 0 Å². The van der Waals surface area contributed by atoms with E-state index in [2.05, 4.69) is 44.8 Å². The fourth-order valence-corrected chi connectivity index (χ4v) is 2.05. The molecule has 0 saturated carbocycles. The number of hydrogen-bond acceptors (Lipinski definition) is 2. The van der Waals surface area contributed by atoms with E-state index in [4.69, 9.17) is 0 Å². The summed E-state index contributed by atoms with van der Waals surface area (Å²) in [7, 11) is 4.03. The van der Waals surface area contributed by atoms with E-state index in [1.807, 2.05) is 7.05 Å². The molecular formula is C9H16BrN3. The number of aryl methyl sites for hydroxylation is 1. The number of hydrogen-bond donors (Lipinski definition) is 1. The van der Waals surface area contributed by atoms with Crippen LogP contribution in [0.25, 0.3) is 0 Å². The van der Waals surface area contributed by atoms with Crippen molar-refractivity contribution < 1.29 is 0 Å². The first-order chi connectivity index (χ1) is 6.20. The van der Waals surface area contributed by atoms with Crippen molar-refractivity contribution in [2.24, 2.45) is 7.05 Å². The van der Waals surface area contributed by atoms with E-state index in [0.29, 0.717) is 0 Å². The predicted molar refractivity (Wildman–Crippen MR) is 57.9 cm³/mol. The number of aromatic nitrogens is 2. The molecule has 1 aromatic rings. The second-order valence-electron chi connectivity index (χ2n) is 3.03. The van der Waals surface area contributed by atoms with E-state index in [0.717, 1.165) is 29.8 Å². The minimum absolute atomic E-state index is 0.981. The zero-order valence-corrected chi connectivity index (χ0v) is 9.98. The van der Waals surface area contributed by atoms with E-state index < -0.39 is 0 Å². The molecule has 0 saturated heterocycles. The van der Waals surface area contributed by atoms with Crippen LogP contribution in [-0.2, 0) is 19.9 Å². The van der Waals surface area contributed by atoms with Gasteiger partial charge in [-0.05, 0) is 23.0 Å². The molecule has 1 N–H and O–H groups in total. The van der Waals surface area contributed by atoms with Crippen molar-refractivity contribution in [1.82, 2.24) is 14.9 Å². The lowest BCUT2D eigenvalue weighted by Gasteiger charge is -2.04. The topological polar surface area (TPSA) is 29.9 Å². The van der Waals surface area contributed by atoms with E-state index in [9.17, 15) is 0 Å². The van der Waals surface area contributed by atoms with Gasteiger partial charge >= 0.3 is 0 Å². The van der Waals surface area contributed by atoms with Gasteiger partial charge in [0.25, 0.3) is 0 Å². The average Bonchev–Trinajstić information content (AvgIpc) is 2.39. The Morgan fingerprint density at radius 3 is 2.69 bits per heavy atom. The third kappa shape index (κ3) is 2.31. The standard InChI is InChI=1S/C9H16BrN3/c1-4-8-12-9(10)7(13(8)3)5-6-11-2/h11H,4-6H2,1-3H3. The summed E-state index contributed by atoms with van der Waals surface area (Å²) in [5.74, 6) is 1.14. The van der Waals surface area contributed by atoms with Crippen molar-refractivity contribution in [2.75, 3.05) is 13.6 Å². The van der Waals surface area contributed by atoms with Crippen molar-refractivity contribution in [1.29, 1.82) is 0 Å². The van der Waals surface area contributed by atoms with Gasteiger partial charge in [-0.3, -0.25) is 0 Å². The van der Waals surface area contributed by atoms with Crippen molar-refractivity contribution in [2.45, 2.75) is 19.8 Å². The van der Waals surface area contributed by atoms with Crippen LogP contribution in [0.2, 0.25) is 0 Å². The van der Waals surface area contributed by atoms with Gasteiger partial charge in [-0.1, -0.05) is 6.92 Å². The number of nitrogens with zero attached hydrogens (tertiary/aromatic N) is 2. The number of likely N-dealkylation sites (N-methyl/N-ethyl adjacent to an activating group) is 1. The summed E-state index contributed by atoms with van der Waals surface area (Å²) in [5.41, 5.74) is 1.27. The Labute approximate surface area is 87.7 Å².